The largest absolute Gasteiger partial charge is 0.352 e. The first kappa shape index (κ1) is 25.7. The Balaban J connectivity index is 1.38. The number of amides is 1. The molecule has 194 valence electrons. The number of hydrogen-bond acceptors (Lipinski definition) is 4. The summed E-state index contributed by atoms with van der Waals surface area (Å²) in [5.74, 6) is 0.0176. The van der Waals surface area contributed by atoms with Crippen LogP contribution in [0.1, 0.15) is 86.0 Å². The van der Waals surface area contributed by atoms with Crippen molar-refractivity contribution >= 4 is 17.2 Å². The summed E-state index contributed by atoms with van der Waals surface area (Å²) < 4.78 is 2.31. The Morgan fingerprint density at radius 1 is 1.03 bits per heavy atom. The third-order valence-electron chi connectivity index (χ3n) is 7.69. The van der Waals surface area contributed by atoms with E-state index in [1.165, 1.54) is 56.9 Å². The maximum absolute atomic E-state index is 13.3. The third kappa shape index (κ3) is 6.30. The van der Waals surface area contributed by atoms with Crippen LogP contribution in [0, 0.1) is 13.8 Å². The van der Waals surface area contributed by atoms with Crippen molar-refractivity contribution in [3.05, 3.63) is 70.0 Å². The van der Waals surface area contributed by atoms with Gasteiger partial charge in [0.1, 0.15) is 5.01 Å². The average molecular weight is 515 g/mol. The lowest BCUT2D eigenvalue weighted by atomic mass is 9.97. The molecule has 3 aromatic heterocycles. The number of hydrogen-bond donors (Lipinski definition) is 1. The number of thiazole rings is 1. The van der Waals surface area contributed by atoms with Crippen LogP contribution in [0.5, 0.6) is 0 Å². The first-order valence-electron chi connectivity index (χ1n) is 13.8. The molecule has 0 aromatic carbocycles. The molecule has 3 aromatic rings. The van der Waals surface area contributed by atoms with E-state index in [-0.39, 0.29) is 5.91 Å². The smallest absolute Gasteiger partial charge is 0.253 e. The maximum Gasteiger partial charge on any atom is 0.253 e. The number of aryl methyl sites for hydroxylation is 1. The van der Waals surface area contributed by atoms with Crippen molar-refractivity contribution in [3.63, 3.8) is 0 Å². The van der Waals surface area contributed by atoms with Gasteiger partial charge in [0.25, 0.3) is 5.91 Å². The molecule has 1 amide bonds. The van der Waals surface area contributed by atoms with Crippen LogP contribution < -0.4 is 5.32 Å². The molecular weight excluding hydrogens is 476 g/mol. The van der Waals surface area contributed by atoms with Gasteiger partial charge in [0.2, 0.25) is 0 Å². The van der Waals surface area contributed by atoms with Gasteiger partial charge in [-0.25, -0.2) is 4.98 Å². The number of aromatic nitrogens is 3. The lowest BCUT2D eigenvalue weighted by Gasteiger charge is -2.16. The molecule has 6 heteroatoms. The first-order valence-corrected chi connectivity index (χ1v) is 14.7. The normalized spacial score (nSPS) is 15.8. The minimum atomic E-state index is 0.0176. The van der Waals surface area contributed by atoms with E-state index in [4.69, 9.17) is 4.98 Å². The maximum atomic E-state index is 13.3. The van der Waals surface area contributed by atoms with Gasteiger partial charge in [-0.15, -0.1) is 11.3 Å². The van der Waals surface area contributed by atoms with E-state index in [1.54, 1.807) is 16.9 Å². The number of carbonyl (C=O) groups is 1. The fraction of sp³-hybridized carbons (Fsp3) is 0.452. The summed E-state index contributed by atoms with van der Waals surface area (Å²) in [6, 6.07) is 6.14. The van der Waals surface area contributed by atoms with Gasteiger partial charge in [0.15, 0.2) is 0 Å². The van der Waals surface area contributed by atoms with Crippen LogP contribution in [-0.2, 0) is 6.54 Å². The molecule has 2 aliphatic rings. The highest BCUT2D eigenvalue weighted by molar-refractivity contribution is 7.13. The summed E-state index contributed by atoms with van der Waals surface area (Å²) in [6.45, 7) is 5.63. The molecular formula is C31H38N4OS. The van der Waals surface area contributed by atoms with Gasteiger partial charge >= 0.3 is 0 Å². The zero-order valence-electron chi connectivity index (χ0n) is 22.2. The van der Waals surface area contributed by atoms with Crippen molar-refractivity contribution in [2.75, 3.05) is 6.54 Å². The van der Waals surface area contributed by atoms with Gasteiger partial charge in [0.05, 0.1) is 17.0 Å². The summed E-state index contributed by atoms with van der Waals surface area (Å²) in [7, 11) is 0. The summed E-state index contributed by atoms with van der Waals surface area (Å²) in [4.78, 5) is 22.7. The van der Waals surface area contributed by atoms with E-state index >= 15 is 0 Å². The van der Waals surface area contributed by atoms with Crippen molar-refractivity contribution in [2.24, 2.45) is 0 Å². The zero-order valence-corrected chi connectivity index (χ0v) is 23.0. The van der Waals surface area contributed by atoms with Crippen LogP contribution in [-0.4, -0.2) is 27.0 Å². The molecule has 3 heterocycles. The Kier molecular flexibility index (Phi) is 8.34. The van der Waals surface area contributed by atoms with E-state index < -0.39 is 0 Å². The van der Waals surface area contributed by atoms with E-state index in [2.05, 4.69) is 45.4 Å². The van der Waals surface area contributed by atoms with Crippen LogP contribution in [0.2, 0.25) is 0 Å². The highest BCUT2D eigenvalue weighted by atomic mass is 32.1. The highest BCUT2D eigenvalue weighted by Gasteiger charge is 2.21. The fourth-order valence-corrected chi connectivity index (χ4v) is 6.25. The van der Waals surface area contributed by atoms with Gasteiger partial charge in [-0.3, -0.25) is 9.78 Å². The van der Waals surface area contributed by atoms with E-state index in [0.29, 0.717) is 6.54 Å². The fourth-order valence-electron chi connectivity index (χ4n) is 5.44. The summed E-state index contributed by atoms with van der Waals surface area (Å²) in [5, 5.41) is 6.25. The lowest BCUT2D eigenvalue weighted by Crippen LogP contribution is -2.25. The average Bonchev–Trinajstić information content (AvgIpc) is 3.54. The quantitative estimate of drug-likeness (QED) is 0.296. The van der Waals surface area contributed by atoms with Gasteiger partial charge in [-0.05, 0) is 96.3 Å². The second-order valence-corrected chi connectivity index (χ2v) is 11.2. The topological polar surface area (TPSA) is 59.8 Å². The standard InChI is InChI=1S/C31H38N4OS/c1-22-13-14-26(20-33-22)31-34-28(21-37-31)29-19-27(30(36)32-17-15-24-9-5-3-6-10-24)23(2)35(29)18-16-25-11-7-4-8-12-25/h9,11,13-14,19-21H,3-8,10,12,15-18H2,1-2H3,(H,32,36). The molecule has 37 heavy (non-hydrogen) atoms. The minimum absolute atomic E-state index is 0.0176. The van der Waals surface area contributed by atoms with Crippen molar-refractivity contribution in [2.45, 2.75) is 84.6 Å². The van der Waals surface area contributed by atoms with E-state index in [9.17, 15) is 4.79 Å². The third-order valence-corrected chi connectivity index (χ3v) is 8.59. The van der Waals surface area contributed by atoms with Crippen molar-refractivity contribution < 1.29 is 4.79 Å². The molecule has 0 aliphatic heterocycles. The Morgan fingerprint density at radius 3 is 2.46 bits per heavy atom. The predicted octanol–water partition coefficient (Wildman–Crippen LogP) is 7.80. The van der Waals surface area contributed by atoms with Gasteiger partial charge in [-0.1, -0.05) is 23.3 Å². The Morgan fingerprint density at radius 2 is 1.78 bits per heavy atom. The monoisotopic (exact) mass is 514 g/mol. The summed E-state index contributed by atoms with van der Waals surface area (Å²) >= 11 is 1.63. The number of nitrogens with one attached hydrogen (secondary N) is 1. The Labute approximate surface area is 224 Å². The molecule has 5 rings (SSSR count). The summed E-state index contributed by atoms with van der Waals surface area (Å²) in [5.41, 5.74) is 8.79. The molecule has 0 saturated carbocycles. The second kappa shape index (κ2) is 12.0. The Hall–Kier alpha value is -2.99. The second-order valence-electron chi connectivity index (χ2n) is 10.4. The van der Waals surface area contributed by atoms with Crippen molar-refractivity contribution in [3.8, 4) is 22.0 Å². The number of carbonyl (C=O) groups excluding carboxylic acids is 1. The lowest BCUT2D eigenvalue weighted by molar-refractivity contribution is 0.0953. The zero-order chi connectivity index (χ0) is 25.6. The van der Waals surface area contributed by atoms with Gasteiger partial charge < -0.3 is 9.88 Å². The molecule has 5 nitrogen and oxygen atoms in total. The molecule has 0 unspecified atom stereocenters. The number of rotatable bonds is 9. The number of nitrogens with zero attached hydrogens (tertiary/aromatic N) is 3. The van der Waals surface area contributed by atoms with Crippen LogP contribution >= 0.6 is 11.3 Å². The SMILES string of the molecule is Cc1ccc(-c2nc(-c3cc(C(=O)NCCC4=CCCCC4)c(C)n3CCC3=CCCCC3)cs2)cn1. The molecule has 0 fully saturated rings. The number of allylic oxidation sites excluding steroid dienone is 3. The molecule has 0 bridgehead atoms. The van der Waals surface area contributed by atoms with E-state index in [0.717, 1.165) is 58.3 Å². The number of pyridine rings is 1. The van der Waals surface area contributed by atoms with Crippen LogP contribution in [0.3, 0.4) is 0 Å². The van der Waals surface area contributed by atoms with Crippen molar-refractivity contribution in [1.82, 2.24) is 19.9 Å². The minimum Gasteiger partial charge on any atom is -0.352 e. The summed E-state index contributed by atoms with van der Waals surface area (Å²) in [6.07, 6.45) is 18.5. The predicted molar refractivity (Wildman–Crippen MR) is 153 cm³/mol. The Bertz CT molecular complexity index is 1300. The van der Waals surface area contributed by atoms with Crippen LogP contribution in [0.4, 0.5) is 0 Å². The first-order chi connectivity index (χ1) is 18.1. The highest BCUT2D eigenvalue weighted by Crippen LogP contribution is 2.32. The van der Waals surface area contributed by atoms with Crippen LogP contribution in [0.25, 0.3) is 22.0 Å². The molecule has 2 aliphatic carbocycles. The van der Waals surface area contributed by atoms with Crippen molar-refractivity contribution in [1.29, 1.82) is 0 Å². The molecule has 0 atom stereocenters. The molecule has 0 saturated heterocycles. The van der Waals surface area contributed by atoms with Crippen LogP contribution in [0.15, 0.2) is 53.1 Å². The molecule has 1 N–H and O–H groups in total. The van der Waals surface area contributed by atoms with Gasteiger partial charge in [-0.2, -0.15) is 0 Å². The molecule has 0 radical (unpaired) electrons. The van der Waals surface area contributed by atoms with E-state index in [1.807, 2.05) is 25.3 Å². The molecule has 0 spiro atoms. The van der Waals surface area contributed by atoms with Gasteiger partial charge in [0, 0.05) is 41.6 Å².